The highest BCUT2D eigenvalue weighted by Crippen LogP contribution is 2.21. The zero-order valence-corrected chi connectivity index (χ0v) is 7.59. The molecule has 12 heavy (non-hydrogen) atoms. The summed E-state index contributed by atoms with van der Waals surface area (Å²) in [4.78, 5) is 13.2. The second kappa shape index (κ2) is 3.49. The summed E-state index contributed by atoms with van der Waals surface area (Å²) in [5.41, 5.74) is 0.0995. The highest BCUT2D eigenvalue weighted by molar-refractivity contribution is 8.00. The average Bonchev–Trinajstić information content (AvgIpc) is 2.57. The summed E-state index contributed by atoms with van der Waals surface area (Å²) < 4.78 is 0. The minimum atomic E-state index is 0.0995. The van der Waals surface area contributed by atoms with Gasteiger partial charge in [-0.1, -0.05) is 6.08 Å². The van der Waals surface area contributed by atoms with Crippen LogP contribution in [0.1, 0.15) is 6.42 Å². The van der Waals surface area contributed by atoms with Crippen molar-refractivity contribution in [1.82, 2.24) is 10.2 Å². The van der Waals surface area contributed by atoms with Crippen molar-refractivity contribution in [2.75, 3.05) is 18.8 Å². The molecule has 0 N–H and O–H groups in total. The molecule has 2 aliphatic rings. The van der Waals surface area contributed by atoms with Gasteiger partial charge in [-0.2, -0.15) is 0 Å². The van der Waals surface area contributed by atoms with Crippen LogP contribution in [-0.2, 0) is 4.79 Å². The maximum absolute atomic E-state index is 11.3. The van der Waals surface area contributed by atoms with Crippen LogP contribution in [0.2, 0.25) is 0 Å². The van der Waals surface area contributed by atoms with Crippen molar-refractivity contribution in [2.45, 2.75) is 11.9 Å². The van der Waals surface area contributed by atoms with Crippen LogP contribution in [0.15, 0.2) is 12.2 Å². The Hall–Kier alpha value is -0.480. The Kier molecular flexibility index (Phi) is 2.37. The topological polar surface area (TPSA) is 34.4 Å². The van der Waals surface area contributed by atoms with Crippen LogP contribution < -0.4 is 5.32 Å². The minimum Gasteiger partial charge on any atom is -0.313 e. The number of amides is 1. The van der Waals surface area contributed by atoms with E-state index in [1.807, 2.05) is 11.0 Å². The Morgan fingerprint density at radius 2 is 2.58 bits per heavy atom. The Morgan fingerprint density at radius 3 is 3.25 bits per heavy atom. The predicted octanol–water partition coefficient (Wildman–Crippen LogP) is 0.410. The molecule has 1 atom stereocenters. The molecule has 65 valence electrons. The van der Waals surface area contributed by atoms with Crippen LogP contribution in [0.3, 0.4) is 0 Å². The van der Waals surface area contributed by atoms with E-state index in [1.54, 1.807) is 17.8 Å². The molecule has 1 saturated heterocycles. The number of carbonyl (C=O) groups excluding carboxylic acids is 1. The minimum absolute atomic E-state index is 0.0995. The largest absolute Gasteiger partial charge is 0.313 e. The highest BCUT2D eigenvalue weighted by atomic mass is 32.2. The van der Waals surface area contributed by atoms with Crippen molar-refractivity contribution < 1.29 is 4.79 Å². The van der Waals surface area contributed by atoms with Crippen molar-refractivity contribution in [1.29, 1.82) is 0 Å². The molecule has 1 unspecified atom stereocenters. The number of hydrogen-bond donors (Lipinski definition) is 0. The third kappa shape index (κ3) is 1.49. The molecular formula is C8H11N2OS. The van der Waals surface area contributed by atoms with Crippen molar-refractivity contribution in [3.8, 4) is 0 Å². The fourth-order valence-corrected chi connectivity index (χ4v) is 2.41. The molecule has 0 aromatic carbocycles. The van der Waals surface area contributed by atoms with Gasteiger partial charge in [-0.3, -0.25) is 4.79 Å². The number of rotatable bonds is 1. The molecule has 0 bridgehead atoms. The van der Waals surface area contributed by atoms with Gasteiger partial charge in [0.2, 0.25) is 5.91 Å². The quantitative estimate of drug-likeness (QED) is 0.590. The molecule has 3 nitrogen and oxygen atoms in total. The van der Waals surface area contributed by atoms with Crippen molar-refractivity contribution >= 4 is 17.7 Å². The van der Waals surface area contributed by atoms with E-state index in [4.69, 9.17) is 0 Å². The second-order valence-corrected chi connectivity index (χ2v) is 3.99. The third-order valence-electron chi connectivity index (χ3n) is 1.99. The molecule has 0 aliphatic carbocycles. The summed E-state index contributed by atoms with van der Waals surface area (Å²) in [6.45, 7) is 1.72. The molecule has 0 aromatic rings. The van der Waals surface area contributed by atoms with Crippen LogP contribution in [0, 0.1) is 0 Å². The average molecular weight is 183 g/mol. The van der Waals surface area contributed by atoms with Gasteiger partial charge in [-0.25, -0.2) is 5.32 Å². The Morgan fingerprint density at radius 1 is 1.67 bits per heavy atom. The van der Waals surface area contributed by atoms with Gasteiger partial charge in [-0.05, 0) is 12.5 Å². The van der Waals surface area contributed by atoms with Gasteiger partial charge in [0.05, 0.1) is 0 Å². The Balaban J connectivity index is 2.02. The molecule has 2 aliphatic heterocycles. The number of carbonyl (C=O) groups is 1. The normalized spacial score (nSPS) is 29.8. The number of hydrogen-bond acceptors (Lipinski definition) is 2. The number of thioether (sulfide) groups is 1. The SMILES string of the molecule is O=C1C=CCCN1C1[N]CCS1. The smallest absolute Gasteiger partial charge is 0.248 e. The lowest BCUT2D eigenvalue weighted by atomic mass is 10.2. The van der Waals surface area contributed by atoms with E-state index in [1.165, 1.54) is 0 Å². The van der Waals surface area contributed by atoms with Crippen molar-refractivity contribution in [3.05, 3.63) is 12.2 Å². The zero-order chi connectivity index (χ0) is 8.39. The van der Waals surface area contributed by atoms with Crippen molar-refractivity contribution in [3.63, 3.8) is 0 Å². The standard InChI is InChI=1S/C8H11N2OS/c11-7-3-1-2-5-10(7)8-9-4-6-12-8/h1,3,8H,2,4-6H2. The second-order valence-electron chi connectivity index (χ2n) is 2.83. The Bertz CT molecular complexity index is 211. The van der Waals surface area contributed by atoms with E-state index in [-0.39, 0.29) is 11.4 Å². The molecule has 1 amide bonds. The van der Waals surface area contributed by atoms with Gasteiger partial charge >= 0.3 is 0 Å². The summed E-state index contributed by atoms with van der Waals surface area (Å²) in [5, 5.41) is 4.34. The molecule has 4 heteroatoms. The molecule has 0 aromatic heterocycles. The molecular weight excluding hydrogens is 172 g/mol. The molecule has 2 heterocycles. The summed E-state index contributed by atoms with van der Waals surface area (Å²) in [6, 6.07) is 0. The van der Waals surface area contributed by atoms with Gasteiger partial charge in [0.1, 0.15) is 5.50 Å². The third-order valence-corrected chi connectivity index (χ3v) is 3.11. The van der Waals surface area contributed by atoms with Gasteiger partial charge in [0.25, 0.3) is 0 Å². The Labute approximate surface area is 76.2 Å². The lowest BCUT2D eigenvalue weighted by Gasteiger charge is -2.27. The molecule has 1 fully saturated rings. The predicted molar refractivity (Wildman–Crippen MR) is 48.7 cm³/mol. The van der Waals surface area contributed by atoms with E-state index in [0.29, 0.717) is 0 Å². The highest BCUT2D eigenvalue weighted by Gasteiger charge is 2.27. The van der Waals surface area contributed by atoms with E-state index in [2.05, 4.69) is 5.32 Å². The van der Waals surface area contributed by atoms with E-state index >= 15 is 0 Å². The van der Waals surface area contributed by atoms with Gasteiger partial charge in [0.15, 0.2) is 0 Å². The summed E-state index contributed by atoms with van der Waals surface area (Å²) in [6.07, 6.45) is 4.55. The fraction of sp³-hybridized carbons (Fsp3) is 0.625. The monoisotopic (exact) mass is 183 g/mol. The van der Waals surface area contributed by atoms with Crippen LogP contribution in [0.5, 0.6) is 0 Å². The maximum Gasteiger partial charge on any atom is 0.248 e. The van der Waals surface area contributed by atoms with Crippen LogP contribution in [-0.4, -0.2) is 35.1 Å². The van der Waals surface area contributed by atoms with Crippen LogP contribution in [0.25, 0.3) is 0 Å². The van der Waals surface area contributed by atoms with Gasteiger partial charge in [0, 0.05) is 18.8 Å². The zero-order valence-electron chi connectivity index (χ0n) is 6.77. The van der Waals surface area contributed by atoms with Crippen LogP contribution >= 0.6 is 11.8 Å². The first-order valence-electron chi connectivity index (χ1n) is 4.13. The molecule has 0 spiro atoms. The first kappa shape index (κ1) is 8.13. The van der Waals surface area contributed by atoms with E-state index in [0.717, 1.165) is 25.3 Å². The number of nitrogens with zero attached hydrogens (tertiary/aromatic N) is 2. The molecule has 0 saturated carbocycles. The maximum atomic E-state index is 11.3. The molecule has 1 radical (unpaired) electrons. The van der Waals surface area contributed by atoms with E-state index < -0.39 is 0 Å². The lowest BCUT2D eigenvalue weighted by molar-refractivity contribution is -0.127. The summed E-state index contributed by atoms with van der Waals surface area (Å²) in [5.74, 6) is 1.17. The van der Waals surface area contributed by atoms with Crippen molar-refractivity contribution in [2.24, 2.45) is 0 Å². The molecule has 2 rings (SSSR count). The van der Waals surface area contributed by atoms with E-state index in [9.17, 15) is 4.79 Å². The summed E-state index contributed by atoms with van der Waals surface area (Å²) >= 11 is 1.76. The van der Waals surface area contributed by atoms with Crippen LogP contribution in [0.4, 0.5) is 0 Å². The van der Waals surface area contributed by atoms with Gasteiger partial charge < -0.3 is 4.90 Å². The first-order chi connectivity index (χ1) is 5.88. The summed E-state index contributed by atoms with van der Waals surface area (Å²) in [7, 11) is 0. The first-order valence-corrected chi connectivity index (χ1v) is 5.18. The lowest BCUT2D eigenvalue weighted by Crippen LogP contribution is -2.42. The van der Waals surface area contributed by atoms with Gasteiger partial charge in [-0.15, -0.1) is 11.8 Å². The fourth-order valence-electron chi connectivity index (χ4n) is 1.39.